The Bertz CT molecular complexity index is 367. The Kier molecular flexibility index (Phi) is 5.49. The molecule has 0 bridgehead atoms. The molecular weight excluding hydrogens is 263 g/mol. The van der Waals surface area contributed by atoms with Crippen LogP contribution in [0.1, 0.15) is 31.4 Å². The zero-order valence-electron chi connectivity index (χ0n) is 9.95. The van der Waals surface area contributed by atoms with Gasteiger partial charge in [0.25, 0.3) is 0 Å². The van der Waals surface area contributed by atoms with Gasteiger partial charge in [0.05, 0.1) is 12.1 Å². The van der Waals surface area contributed by atoms with Crippen molar-refractivity contribution in [3.05, 3.63) is 29.8 Å². The maximum Gasteiger partial charge on any atom is 0.446 e. The summed E-state index contributed by atoms with van der Waals surface area (Å²) in [4.78, 5) is 0.114. The Hall–Kier alpha value is -0.720. The Morgan fingerprint density at radius 1 is 1.28 bits per heavy atom. The fraction of sp³-hybridized carbons (Fsp3) is 0.500. The fourth-order valence-electron chi connectivity index (χ4n) is 1.59. The van der Waals surface area contributed by atoms with Gasteiger partial charge in [-0.3, -0.25) is 0 Å². The molecule has 6 heteroatoms. The van der Waals surface area contributed by atoms with Crippen LogP contribution < -0.4 is 5.73 Å². The Morgan fingerprint density at radius 3 is 2.28 bits per heavy atom. The van der Waals surface area contributed by atoms with E-state index in [4.69, 9.17) is 5.73 Å². The van der Waals surface area contributed by atoms with E-state index in [9.17, 15) is 18.3 Å². The zero-order valence-corrected chi connectivity index (χ0v) is 10.8. The van der Waals surface area contributed by atoms with E-state index in [0.29, 0.717) is 12.0 Å². The lowest BCUT2D eigenvalue weighted by atomic mass is 9.99. The van der Waals surface area contributed by atoms with Crippen molar-refractivity contribution < 1.29 is 18.3 Å². The molecule has 0 amide bonds. The fourth-order valence-corrected chi connectivity index (χ4v) is 2.13. The van der Waals surface area contributed by atoms with Crippen LogP contribution in [0.15, 0.2) is 29.2 Å². The van der Waals surface area contributed by atoms with E-state index in [1.165, 1.54) is 24.3 Å². The molecule has 1 aromatic rings. The van der Waals surface area contributed by atoms with Gasteiger partial charge in [-0.15, -0.1) is 0 Å². The number of rotatable bonds is 5. The van der Waals surface area contributed by atoms with Gasteiger partial charge in [-0.25, -0.2) is 0 Å². The molecule has 0 unspecified atom stereocenters. The number of nitrogens with two attached hydrogens (primary N) is 1. The first-order chi connectivity index (χ1) is 8.33. The van der Waals surface area contributed by atoms with Crippen molar-refractivity contribution in [1.82, 2.24) is 0 Å². The second-order valence-electron chi connectivity index (χ2n) is 4.00. The molecule has 1 rings (SSSR count). The predicted octanol–water partition coefficient (Wildman–Crippen LogP) is 3.46. The molecule has 2 nitrogen and oxygen atoms in total. The van der Waals surface area contributed by atoms with Crippen LogP contribution in [0.5, 0.6) is 0 Å². The number of benzene rings is 1. The molecule has 2 atom stereocenters. The maximum absolute atomic E-state index is 12.1. The molecule has 0 aliphatic carbocycles. The molecule has 0 saturated heterocycles. The molecule has 1 aromatic carbocycles. The van der Waals surface area contributed by atoms with Gasteiger partial charge in [-0.2, -0.15) is 13.2 Å². The molecule has 0 spiro atoms. The lowest BCUT2D eigenvalue weighted by Gasteiger charge is -2.18. The van der Waals surface area contributed by atoms with Gasteiger partial charge >= 0.3 is 5.51 Å². The van der Waals surface area contributed by atoms with Gasteiger partial charge in [0, 0.05) is 4.90 Å². The highest BCUT2D eigenvalue weighted by atomic mass is 32.2. The Balaban J connectivity index is 2.70. The average molecular weight is 279 g/mol. The third-order valence-corrected chi connectivity index (χ3v) is 3.24. The average Bonchev–Trinajstić information content (AvgIpc) is 2.27. The molecule has 0 fully saturated rings. The quantitative estimate of drug-likeness (QED) is 0.811. The molecule has 0 aromatic heterocycles. The first kappa shape index (κ1) is 15.3. The monoisotopic (exact) mass is 279 g/mol. The number of aliphatic hydroxyl groups excluding tert-OH is 1. The Morgan fingerprint density at radius 2 is 1.83 bits per heavy atom. The van der Waals surface area contributed by atoms with E-state index in [1.54, 1.807) is 0 Å². The number of aliphatic hydroxyl groups is 1. The van der Waals surface area contributed by atoms with Gasteiger partial charge in [-0.05, 0) is 35.9 Å². The molecule has 102 valence electrons. The molecule has 3 N–H and O–H groups in total. The summed E-state index contributed by atoms with van der Waals surface area (Å²) in [6.07, 6.45) is 0.702. The second-order valence-corrected chi connectivity index (χ2v) is 5.14. The van der Waals surface area contributed by atoms with Crippen molar-refractivity contribution in [2.24, 2.45) is 5.73 Å². The second kappa shape index (κ2) is 6.45. The van der Waals surface area contributed by atoms with Crippen LogP contribution in [0.3, 0.4) is 0 Å². The van der Waals surface area contributed by atoms with Crippen LogP contribution in [0.25, 0.3) is 0 Å². The maximum atomic E-state index is 12.1. The Labute approximate surface area is 108 Å². The van der Waals surface area contributed by atoms with Crippen molar-refractivity contribution in [2.45, 2.75) is 42.3 Å². The SMILES string of the molecule is CCC[C@H](O)[C@H](N)c1ccc(SC(F)(F)F)cc1. The van der Waals surface area contributed by atoms with E-state index in [0.717, 1.165) is 6.42 Å². The highest BCUT2D eigenvalue weighted by Gasteiger charge is 2.29. The summed E-state index contributed by atoms with van der Waals surface area (Å²) in [5, 5.41) is 9.72. The van der Waals surface area contributed by atoms with Crippen LogP contribution in [0.4, 0.5) is 13.2 Å². The summed E-state index contributed by atoms with van der Waals surface area (Å²) in [5.41, 5.74) is 2.18. The lowest BCUT2D eigenvalue weighted by molar-refractivity contribution is -0.0328. The summed E-state index contributed by atoms with van der Waals surface area (Å²) in [5.74, 6) is 0. The van der Waals surface area contributed by atoms with E-state index < -0.39 is 17.7 Å². The minimum Gasteiger partial charge on any atom is -0.391 e. The molecule has 0 aliphatic rings. The smallest absolute Gasteiger partial charge is 0.391 e. The molecule has 18 heavy (non-hydrogen) atoms. The van der Waals surface area contributed by atoms with E-state index in [1.807, 2.05) is 6.92 Å². The third-order valence-electron chi connectivity index (χ3n) is 2.50. The minimum atomic E-state index is -4.29. The number of thioether (sulfide) groups is 1. The predicted molar refractivity (Wildman–Crippen MR) is 66.2 cm³/mol. The molecule has 0 saturated carbocycles. The van der Waals surface area contributed by atoms with Gasteiger partial charge in [0.1, 0.15) is 0 Å². The molecular formula is C12H16F3NOS. The largest absolute Gasteiger partial charge is 0.446 e. The number of alkyl halides is 3. The summed E-state index contributed by atoms with van der Waals surface area (Å²) in [6, 6.07) is 5.22. The summed E-state index contributed by atoms with van der Waals surface area (Å²) < 4.78 is 36.4. The van der Waals surface area contributed by atoms with Crippen molar-refractivity contribution in [1.29, 1.82) is 0 Å². The number of hydrogen-bond acceptors (Lipinski definition) is 3. The van der Waals surface area contributed by atoms with E-state index >= 15 is 0 Å². The number of halogens is 3. The standard InChI is InChI=1S/C12H16F3NOS/c1-2-3-10(17)11(16)8-4-6-9(7-5-8)18-12(13,14)15/h4-7,10-11,17H,2-3,16H2,1H3/t10-,11+/m0/s1. The van der Waals surface area contributed by atoms with Crippen LogP contribution in [-0.2, 0) is 0 Å². The van der Waals surface area contributed by atoms with Crippen molar-refractivity contribution in [2.75, 3.05) is 0 Å². The van der Waals surface area contributed by atoms with Gasteiger partial charge < -0.3 is 10.8 Å². The summed E-state index contributed by atoms with van der Waals surface area (Å²) in [6.45, 7) is 1.93. The topological polar surface area (TPSA) is 46.2 Å². The van der Waals surface area contributed by atoms with Crippen LogP contribution in [-0.4, -0.2) is 16.7 Å². The van der Waals surface area contributed by atoms with Crippen molar-refractivity contribution in [3.8, 4) is 0 Å². The summed E-state index contributed by atoms with van der Waals surface area (Å²) >= 11 is -0.163. The zero-order chi connectivity index (χ0) is 13.8. The van der Waals surface area contributed by atoms with Crippen molar-refractivity contribution >= 4 is 11.8 Å². The first-order valence-corrected chi connectivity index (χ1v) is 6.44. The van der Waals surface area contributed by atoms with E-state index in [-0.39, 0.29) is 16.7 Å². The van der Waals surface area contributed by atoms with Crippen molar-refractivity contribution in [3.63, 3.8) is 0 Å². The summed E-state index contributed by atoms with van der Waals surface area (Å²) in [7, 11) is 0. The van der Waals surface area contributed by atoms with Crippen LogP contribution >= 0.6 is 11.8 Å². The highest BCUT2D eigenvalue weighted by Crippen LogP contribution is 2.37. The normalized spacial score (nSPS) is 15.4. The molecule has 0 radical (unpaired) electrons. The lowest BCUT2D eigenvalue weighted by Crippen LogP contribution is -2.25. The first-order valence-electron chi connectivity index (χ1n) is 5.63. The highest BCUT2D eigenvalue weighted by molar-refractivity contribution is 8.00. The van der Waals surface area contributed by atoms with Gasteiger partial charge in [0.15, 0.2) is 0 Å². The molecule has 0 aliphatic heterocycles. The van der Waals surface area contributed by atoms with Gasteiger partial charge in [-0.1, -0.05) is 25.5 Å². The third kappa shape index (κ3) is 4.88. The number of hydrogen-bond donors (Lipinski definition) is 2. The van der Waals surface area contributed by atoms with Crippen LogP contribution in [0.2, 0.25) is 0 Å². The van der Waals surface area contributed by atoms with Gasteiger partial charge in [0.2, 0.25) is 0 Å². The minimum absolute atomic E-state index is 0.114. The van der Waals surface area contributed by atoms with E-state index in [2.05, 4.69) is 0 Å². The molecule has 0 heterocycles. The van der Waals surface area contributed by atoms with Crippen LogP contribution in [0, 0.1) is 0 Å².